The van der Waals surface area contributed by atoms with Gasteiger partial charge in [0.15, 0.2) is 0 Å². The van der Waals surface area contributed by atoms with E-state index in [1.807, 2.05) is 27.6 Å². The minimum Gasteiger partial charge on any atom is -0.360 e. The molecule has 0 aliphatic carbocycles. The number of hydrogen-bond acceptors (Lipinski definition) is 4. The van der Waals surface area contributed by atoms with Crippen LogP contribution >= 0.6 is 11.8 Å². The molecule has 25 heavy (non-hydrogen) atoms. The molecular formula is C19H28N2O3S. The van der Waals surface area contributed by atoms with Gasteiger partial charge in [-0.15, -0.1) is 0 Å². The zero-order valence-electron chi connectivity index (χ0n) is 15.1. The Kier molecular flexibility index (Phi) is 4.61. The first-order valence-corrected chi connectivity index (χ1v) is 10.8. The van der Waals surface area contributed by atoms with E-state index in [2.05, 4.69) is 19.9 Å². The van der Waals surface area contributed by atoms with Crippen molar-refractivity contribution >= 4 is 23.6 Å². The third-order valence-electron chi connectivity index (χ3n) is 6.42. The first-order chi connectivity index (χ1) is 12.1. The fourth-order valence-corrected chi connectivity index (χ4v) is 5.77. The number of nitrogens with zero attached hydrogens (tertiary/aromatic N) is 2. The molecule has 0 unspecified atom stereocenters. The van der Waals surface area contributed by atoms with Crippen LogP contribution in [0.1, 0.15) is 26.7 Å². The number of carbonyl (C=O) groups excluding carboxylic acids is 2. The molecule has 4 heterocycles. The fourth-order valence-electron chi connectivity index (χ4n) is 4.87. The van der Waals surface area contributed by atoms with E-state index in [1.165, 1.54) is 0 Å². The number of hydrogen-bond donors (Lipinski definition) is 0. The molecule has 0 N–H and O–H groups in total. The quantitative estimate of drug-likeness (QED) is 0.698. The number of likely N-dealkylation sites (tertiary alicyclic amines) is 1. The van der Waals surface area contributed by atoms with Crippen LogP contribution in [0.4, 0.5) is 0 Å². The van der Waals surface area contributed by atoms with Gasteiger partial charge in [0.05, 0.1) is 24.5 Å². The molecule has 0 aromatic heterocycles. The first kappa shape index (κ1) is 17.4. The lowest BCUT2D eigenvalue weighted by Crippen LogP contribution is -2.48. The Hall–Kier alpha value is -1.01. The van der Waals surface area contributed by atoms with Crippen molar-refractivity contribution in [3.8, 4) is 0 Å². The Morgan fingerprint density at radius 3 is 2.76 bits per heavy atom. The van der Waals surface area contributed by atoms with Gasteiger partial charge in [0.2, 0.25) is 11.8 Å². The minimum atomic E-state index is -0.557. The average Bonchev–Trinajstić information content (AvgIpc) is 3.28. The minimum absolute atomic E-state index is 0.124. The summed E-state index contributed by atoms with van der Waals surface area (Å²) in [6.07, 6.45) is 6.01. The summed E-state index contributed by atoms with van der Waals surface area (Å²) in [7, 11) is 0. The molecule has 4 rings (SSSR count). The molecule has 0 aromatic carbocycles. The number of carbonyl (C=O) groups is 2. The largest absolute Gasteiger partial charge is 0.360 e. The van der Waals surface area contributed by atoms with E-state index in [9.17, 15) is 9.59 Å². The van der Waals surface area contributed by atoms with E-state index in [1.54, 1.807) is 0 Å². The number of rotatable bonds is 5. The number of fused-ring (bicyclic) bond motifs is 1. The van der Waals surface area contributed by atoms with Crippen molar-refractivity contribution in [3.05, 3.63) is 12.2 Å². The molecule has 5 nitrogen and oxygen atoms in total. The number of ether oxygens (including phenoxy) is 1. The van der Waals surface area contributed by atoms with Gasteiger partial charge in [0.25, 0.3) is 0 Å². The number of thioether (sulfide) groups is 1. The summed E-state index contributed by atoms with van der Waals surface area (Å²) in [6.45, 7) is 7.34. The van der Waals surface area contributed by atoms with E-state index >= 15 is 0 Å². The van der Waals surface area contributed by atoms with E-state index in [0.717, 1.165) is 44.0 Å². The molecule has 138 valence electrons. The van der Waals surface area contributed by atoms with Crippen molar-refractivity contribution in [2.75, 3.05) is 37.7 Å². The van der Waals surface area contributed by atoms with Crippen LogP contribution < -0.4 is 0 Å². The molecular weight excluding hydrogens is 336 g/mol. The van der Waals surface area contributed by atoms with Crippen molar-refractivity contribution in [1.82, 2.24) is 9.80 Å². The van der Waals surface area contributed by atoms with E-state index in [4.69, 9.17) is 4.74 Å². The maximum Gasteiger partial charge on any atom is 0.230 e. The second-order valence-electron chi connectivity index (χ2n) is 7.74. The summed E-state index contributed by atoms with van der Waals surface area (Å²) in [5.41, 5.74) is -0.557. The van der Waals surface area contributed by atoms with Crippen LogP contribution in [0.2, 0.25) is 0 Å². The first-order valence-electron chi connectivity index (χ1n) is 9.62. The predicted octanol–water partition coefficient (Wildman–Crippen LogP) is 1.78. The lowest BCUT2D eigenvalue weighted by Gasteiger charge is -2.32. The molecule has 3 saturated heterocycles. The van der Waals surface area contributed by atoms with Crippen LogP contribution in [-0.4, -0.2) is 71.0 Å². The summed E-state index contributed by atoms with van der Waals surface area (Å²) in [4.78, 5) is 30.2. The van der Waals surface area contributed by atoms with E-state index in [0.29, 0.717) is 12.5 Å². The SMILES string of the molecule is CCC(CC)CN1C[C@]23C=C[C@H](O2)[C@@H](C(=O)N2CCSCC2)[C@H]3C1=O. The third-order valence-corrected chi connectivity index (χ3v) is 7.36. The van der Waals surface area contributed by atoms with Crippen molar-refractivity contribution in [2.24, 2.45) is 17.8 Å². The third kappa shape index (κ3) is 2.72. The van der Waals surface area contributed by atoms with Gasteiger partial charge in [-0.05, 0) is 5.92 Å². The van der Waals surface area contributed by atoms with Crippen LogP contribution in [0.15, 0.2) is 12.2 Å². The maximum absolute atomic E-state index is 13.2. The Labute approximate surface area is 154 Å². The molecule has 4 aliphatic rings. The second-order valence-corrected chi connectivity index (χ2v) is 8.96. The molecule has 6 heteroatoms. The van der Waals surface area contributed by atoms with Gasteiger partial charge in [-0.1, -0.05) is 38.8 Å². The van der Waals surface area contributed by atoms with Crippen molar-refractivity contribution < 1.29 is 14.3 Å². The molecule has 4 atom stereocenters. The van der Waals surface area contributed by atoms with Crippen molar-refractivity contribution in [3.63, 3.8) is 0 Å². The monoisotopic (exact) mass is 364 g/mol. The molecule has 2 bridgehead atoms. The highest BCUT2D eigenvalue weighted by Crippen LogP contribution is 2.52. The van der Waals surface area contributed by atoms with Crippen molar-refractivity contribution in [1.29, 1.82) is 0 Å². The topological polar surface area (TPSA) is 49.9 Å². The van der Waals surface area contributed by atoms with Gasteiger partial charge in [-0.25, -0.2) is 0 Å². The van der Waals surface area contributed by atoms with Crippen molar-refractivity contribution in [2.45, 2.75) is 38.4 Å². The van der Waals surface area contributed by atoms with Crippen LogP contribution in [0.3, 0.4) is 0 Å². The average molecular weight is 365 g/mol. The smallest absolute Gasteiger partial charge is 0.230 e. The van der Waals surface area contributed by atoms with Gasteiger partial charge in [-0.2, -0.15) is 11.8 Å². The van der Waals surface area contributed by atoms with E-state index in [-0.39, 0.29) is 29.8 Å². The maximum atomic E-state index is 13.2. The molecule has 3 fully saturated rings. The standard InChI is InChI=1S/C19H28N2O3S/c1-3-13(4-2)11-21-12-19-6-5-14(24-19)15(16(19)18(21)23)17(22)20-7-9-25-10-8-20/h5-6,13-16H,3-4,7-12H2,1-2H3/t14-,15+,16-,19-/m0/s1. The molecule has 1 spiro atoms. The Bertz CT molecular complexity index is 585. The summed E-state index contributed by atoms with van der Waals surface area (Å²) in [5.74, 6) is 2.11. The highest BCUT2D eigenvalue weighted by atomic mass is 32.2. The summed E-state index contributed by atoms with van der Waals surface area (Å²) >= 11 is 1.89. The van der Waals surface area contributed by atoms with Crippen LogP contribution in [0, 0.1) is 17.8 Å². The van der Waals surface area contributed by atoms with Crippen LogP contribution in [0.25, 0.3) is 0 Å². The summed E-state index contributed by atoms with van der Waals surface area (Å²) in [5, 5.41) is 0. The fraction of sp³-hybridized carbons (Fsp3) is 0.789. The predicted molar refractivity (Wildman–Crippen MR) is 98.3 cm³/mol. The lowest BCUT2D eigenvalue weighted by molar-refractivity contribution is -0.143. The number of amides is 2. The van der Waals surface area contributed by atoms with Gasteiger partial charge in [-0.3, -0.25) is 9.59 Å². The van der Waals surface area contributed by atoms with Gasteiger partial charge < -0.3 is 14.5 Å². The highest BCUT2D eigenvalue weighted by molar-refractivity contribution is 7.99. The molecule has 4 aliphatic heterocycles. The second kappa shape index (κ2) is 6.62. The van der Waals surface area contributed by atoms with Crippen LogP contribution in [0.5, 0.6) is 0 Å². The lowest BCUT2D eigenvalue weighted by atomic mass is 9.76. The summed E-state index contributed by atoms with van der Waals surface area (Å²) < 4.78 is 6.23. The zero-order valence-corrected chi connectivity index (χ0v) is 16.0. The Morgan fingerprint density at radius 1 is 1.36 bits per heavy atom. The Balaban J connectivity index is 1.55. The van der Waals surface area contributed by atoms with Gasteiger partial charge >= 0.3 is 0 Å². The van der Waals surface area contributed by atoms with Gasteiger partial charge in [0, 0.05) is 31.1 Å². The molecule has 0 aromatic rings. The summed E-state index contributed by atoms with van der Waals surface area (Å²) in [6, 6.07) is 0. The normalized spacial score (nSPS) is 36.6. The van der Waals surface area contributed by atoms with Crippen LogP contribution in [-0.2, 0) is 14.3 Å². The van der Waals surface area contributed by atoms with Gasteiger partial charge in [0.1, 0.15) is 5.60 Å². The zero-order chi connectivity index (χ0) is 17.6. The highest BCUT2D eigenvalue weighted by Gasteiger charge is 2.67. The Morgan fingerprint density at radius 2 is 2.08 bits per heavy atom. The molecule has 0 saturated carbocycles. The molecule has 0 radical (unpaired) electrons. The van der Waals surface area contributed by atoms with E-state index < -0.39 is 5.60 Å². The molecule has 2 amide bonds.